The maximum absolute atomic E-state index is 14.5. The quantitative estimate of drug-likeness (QED) is 0.166. The molecule has 0 radical (unpaired) electrons. The van der Waals surface area contributed by atoms with Crippen molar-refractivity contribution in [1.29, 1.82) is 0 Å². The van der Waals surface area contributed by atoms with Crippen molar-refractivity contribution in [2.45, 2.75) is 57.1 Å². The first-order valence-corrected chi connectivity index (χ1v) is 16.9. The molecule has 0 aliphatic heterocycles. The number of aryl methyl sites for hydroxylation is 1. The minimum atomic E-state index is -4.25. The van der Waals surface area contributed by atoms with Gasteiger partial charge in [-0.3, -0.25) is 13.9 Å². The summed E-state index contributed by atoms with van der Waals surface area (Å²) in [6.07, 6.45) is 0.910. The Hall–Kier alpha value is -3.85. The molecule has 0 heterocycles. The van der Waals surface area contributed by atoms with Crippen LogP contribution in [-0.4, -0.2) is 43.8 Å². The van der Waals surface area contributed by atoms with E-state index in [4.69, 9.17) is 23.2 Å². The lowest BCUT2D eigenvalue weighted by Crippen LogP contribution is -2.54. The van der Waals surface area contributed by atoms with E-state index in [0.29, 0.717) is 17.0 Å². The fourth-order valence-corrected chi connectivity index (χ4v) is 6.77. The van der Waals surface area contributed by atoms with E-state index in [-0.39, 0.29) is 40.5 Å². The molecule has 2 atom stereocenters. The Bertz CT molecular complexity index is 1720. The number of nitrogens with zero attached hydrogens (tertiary/aromatic N) is 2. The molecule has 10 heteroatoms. The van der Waals surface area contributed by atoms with Gasteiger partial charge in [-0.2, -0.15) is 0 Å². The Morgan fingerprint density at radius 1 is 0.844 bits per heavy atom. The Balaban J connectivity index is 1.82. The molecule has 236 valence electrons. The highest BCUT2D eigenvalue weighted by molar-refractivity contribution is 7.92. The van der Waals surface area contributed by atoms with E-state index < -0.39 is 28.5 Å². The van der Waals surface area contributed by atoms with Gasteiger partial charge in [-0.1, -0.05) is 102 Å². The number of anilines is 1. The van der Waals surface area contributed by atoms with Gasteiger partial charge in [-0.05, 0) is 67.8 Å². The van der Waals surface area contributed by atoms with Gasteiger partial charge in [0.25, 0.3) is 10.0 Å². The first-order valence-electron chi connectivity index (χ1n) is 14.7. The van der Waals surface area contributed by atoms with Gasteiger partial charge >= 0.3 is 0 Å². The maximum Gasteiger partial charge on any atom is 0.264 e. The molecule has 0 unspecified atom stereocenters. The van der Waals surface area contributed by atoms with Gasteiger partial charge in [0.1, 0.15) is 12.6 Å². The molecule has 0 saturated carbocycles. The van der Waals surface area contributed by atoms with Crippen LogP contribution in [0, 0.1) is 6.92 Å². The minimum absolute atomic E-state index is 0.0116. The van der Waals surface area contributed by atoms with Gasteiger partial charge in [0, 0.05) is 24.0 Å². The summed E-state index contributed by atoms with van der Waals surface area (Å²) in [7, 11) is -4.25. The summed E-state index contributed by atoms with van der Waals surface area (Å²) < 4.78 is 29.3. The highest BCUT2D eigenvalue weighted by Crippen LogP contribution is 2.31. The molecule has 0 fully saturated rings. The number of benzene rings is 4. The lowest BCUT2D eigenvalue weighted by atomic mass is 10.0. The predicted octanol–water partition coefficient (Wildman–Crippen LogP) is 7.05. The lowest BCUT2D eigenvalue weighted by molar-refractivity contribution is -0.140. The fourth-order valence-electron chi connectivity index (χ4n) is 4.83. The molecule has 2 amide bonds. The zero-order valence-corrected chi connectivity index (χ0v) is 27.8. The summed E-state index contributed by atoms with van der Waals surface area (Å²) in [5, 5.41) is 3.67. The van der Waals surface area contributed by atoms with Crippen LogP contribution in [0.25, 0.3) is 0 Å². The monoisotopic (exact) mass is 665 g/mol. The molecule has 0 aromatic heterocycles. The first kappa shape index (κ1) is 34.0. The number of carbonyl (C=O) groups excluding carboxylic acids is 2. The molecule has 0 spiro atoms. The Kier molecular flexibility index (Phi) is 11.7. The van der Waals surface area contributed by atoms with Crippen LogP contribution in [0.5, 0.6) is 0 Å². The van der Waals surface area contributed by atoms with Crippen molar-refractivity contribution in [3.05, 3.63) is 130 Å². The second-order valence-electron chi connectivity index (χ2n) is 11.0. The SMILES string of the molecule is CC[C@H](C)NC(=O)[C@H](Cc1ccccc1)N(Cc1cccc(Cl)c1)C(=O)CN(c1ccccc1Cl)S(=O)(=O)c1ccc(C)cc1. The number of hydrogen-bond acceptors (Lipinski definition) is 4. The number of nitrogens with one attached hydrogen (secondary N) is 1. The van der Waals surface area contributed by atoms with Crippen molar-refractivity contribution in [2.75, 3.05) is 10.8 Å². The average Bonchev–Trinajstić information content (AvgIpc) is 3.02. The van der Waals surface area contributed by atoms with Gasteiger partial charge in [-0.15, -0.1) is 0 Å². The van der Waals surface area contributed by atoms with Gasteiger partial charge < -0.3 is 10.2 Å². The number of sulfonamides is 1. The van der Waals surface area contributed by atoms with Crippen molar-refractivity contribution < 1.29 is 18.0 Å². The Morgan fingerprint density at radius 3 is 2.13 bits per heavy atom. The topological polar surface area (TPSA) is 86.8 Å². The van der Waals surface area contributed by atoms with Crippen LogP contribution in [-0.2, 0) is 32.6 Å². The van der Waals surface area contributed by atoms with E-state index in [1.54, 1.807) is 54.6 Å². The lowest BCUT2D eigenvalue weighted by Gasteiger charge is -2.34. The number of para-hydroxylation sites is 1. The van der Waals surface area contributed by atoms with Gasteiger partial charge in [-0.25, -0.2) is 8.42 Å². The summed E-state index contributed by atoms with van der Waals surface area (Å²) in [4.78, 5) is 29.9. The molecular formula is C35H37Cl2N3O4S. The van der Waals surface area contributed by atoms with E-state index in [9.17, 15) is 18.0 Å². The highest BCUT2D eigenvalue weighted by atomic mass is 35.5. The van der Waals surface area contributed by atoms with Crippen LogP contribution in [0.3, 0.4) is 0 Å². The van der Waals surface area contributed by atoms with Crippen molar-refractivity contribution in [3.8, 4) is 0 Å². The van der Waals surface area contributed by atoms with Gasteiger partial charge in [0.05, 0.1) is 15.6 Å². The molecule has 4 aromatic carbocycles. The molecule has 4 rings (SSSR count). The van der Waals surface area contributed by atoms with Crippen LogP contribution in [0.2, 0.25) is 10.0 Å². The Morgan fingerprint density at radius 2 is 1.49 bits per heavy atom. The maximum atomic E-state index is 14.5. The molecule has 0 aliphatic carbocycles. The third-order valence-corrected chi connectivity index (χ3v) is 9.85. The number of carbonyl (C=O) groups is 2. The standard InChI is InChI=1S/C35H37Cl2N3O4S/c1-4-26(3)38-35(42)33(22-27-11-6-5-7-12-27)39(23-28-13-10-14-29(36)21-28)34(41)24-40(32-16-9-8-15-31(32)37)45(43,44)30-19-17-25(2)18-20-30/h5-21,26,33H,4,22-24H2,1-3H3,(H,38,42)/t26-,33-/m0/s1. The van der Waals surface area contributed by atoms with Crippen molar-refractivity contribution >= 4 is 50.7 Å². The predicted molar refractivity (Wildman–Crippen MR) is 181 cm³/mol. The highest BCUT2D eigenvalue weighted by Gasteiger charge is 2.35. The van der Waals surface area contributed by atoms with Crippen LogP contribution in [0.1, 0.15) is 37.0 Å². The fraction of sp³-hybridized carbons (Fsp3) is 0.257. The van der Waals surface area contributed by atoms with Gasteiger partial charge in [0.2, 0.25) is 11.8 Å². The molecule has 45 heavy (non-hydrogen) atoms. The first-order chi connectivity index (χ1) is 21.5. The van der Waals surface area contributed by atoms with Crippen molar-refractivity contribution in [3.63, 3.8) is 0 Å². The molecule has 0 aliphatic rings. The summed E-state index contributed by atoms with van der Waals surface area (Å²) >= 11 is 12.8. The number of halogens is 2. The van der Waals surface area contributed by atoms with E-state index in [1.807, 2.05) is 57.2 Å². The van der Waals surface area contributed by atoms with Crippen LogP contribution in [0.15, 0.2) is 108 Å². The van der Waals surface area contributed by atoms with Crippen molar-refractivity contribution in [1.82, 2.24) is 10.2 Å². The molecule has 0 bridgehead atoms. The van der Waals surface area contributed by atoms with Crippen LogP contribution >= 0.6 is 23.2 Å². The summed E-state index contributed by atoms with van der Waals surface area (Å²) in [6.45, 7) is 5.14. The van der Waals surface area contributed by atoms with Gasteiger partial charge in [0.15, 0.2) is 0 Å². The largest absolute Gasteiger partial charge is 0.352 e. The third kappa shape index (κ3) is 8.87. The summed E-state index contributed by atoms with van der Waals surface area (Å²) in [6, 6.07) is 28.2. The third-order valence-electron chi connectivity index (χ3n) is 7.52. The van der Waals surface area contributed by atoms with E-state index in [2.05, 4.69) is 5.32 Å². The molecule has 7 nitrogen and oxygen atoms in total. The zero-order valence-electron chi connectivity index (χ0n) is 25.5. The minimum Gasteiger partial charge on any atom is -0.352 e. The zero-order chi connectivity index (χ0) is 32.6. The summed E-state index contributed by atoms with van der Waals surface area (Å²) in [5.74, 6) is -0.917. The van der Waals surface area contributed by atoms with Crippen molar-refractivity contribution in [2.24, 2.45) is 0 Å². The molecule has 1 N–H and O–H groups in total. The smallest absolute Gasteiger partial charge is 0.264 e. The van der Waals surface area contributed by atoms with E-state index >= 15 is 0 Å². The van der Waals surface area contributed by atoms with Crippen LogP contribution in [0.4, 0.5) is 5.69 Å². The summed E-state index contributed by atoms with van der Waals surface area (Å²) in [5.41, 5.74) is 2.58. The van der Waals surface area contributed by atoms with E-state index in [1.165, 1.54) is 17.0 Å². The Labute approximate surface area is 275 Å². The second-order valence-corrected chi connectivity index (χ2v) is 13.7. The number of hydrogen-bond donors (Lipinski definition) is 1. The number of amides is 2. The molecule has 4 aromatic rings. The normalized spacial score (nSPS) is 12.6. The average molecular weight is 667 g/mol. The number of rotatable bonds is 13. The second kappa shape index (κ2) is 15.4. The van der Waals surface area contributed by atoms with E-state index in [0.717, 1.165) is 15.4 Å². The van der Waals surface area contributed by atoms with Crippen LogP contribution < -0.4 is 9.62 Å². The molecule has 0 saturated heterocycles. The molecular weight excluding hydrogens is 629 g/mol.